The molecule has 4 heteroatoms. The molecule has 0 unspecified atom stereocenters. The fraction of sp³-hybridized carbons (Fsp3) is 0.286. The molecule has 2 aromatic rings. The molecule has 1 saturated heterocycles. The van der Waals surface area contributed by atoms with E-state index in [1.807, 2.05) is 12.1 Å². The van der Waals surface area contributed by atoms with E-state index in [0.717, 1.165) is 43.5 Å². The van der Waals surface area contributed by atoms with Gasteiger partial charge in [0.15, 0.2) is 6.29 Å². The maximum absolute atomic E-state index is 10.7. The molecule has 18 heavy (non-hydrogen) atoms. The number of anilines is 1. The molecule has 92 valence electrons. The van der Waals surface area contributed by atoms with Crippen molar-refractivity contribution in [3.63, 3.8) is 0 Å². The first-order valence-corrected chi connectivity index (χ1v) is 6.05. The predicted molar refractivity (Wildman–Crippen MR) is 70.2 cm³/mol. The minimum Gasteiger partial charge on any atom is -0.378 e. The summed E-state index contributed by atoms with van der Waals surface area (Å²) in [6.07, 6.45) is 0.773. The monoisotopic (exact) mass is 242 g/mol. The van der Waals surface area contributed by atoms with Gasteiger partial charge >= 0.3 is 0 Å². The van der Waals surface area contributed by atoms with E-state index < -0.39 is 0 Å². The number of fused-ring (bicyclic) bond motifs is 1. The van der Waals surface area contributed by atoms with Crippen LogP contribution in [0.5, 0.6) is 0 Å². The van der Waals surface area contributed by atoms with Gasteiger partial charge in [0.1, 0.15) is 5.69 Å². The molecule has 0 bridgehead atoms. The van der Waals surface area contributed by atoms with E-state index in [0.29, 0.717) is 5.69 Å². The molecule has 1 aliphatic heterocycles. The van der Waals surface area contributed by atoms with Crippen molar-refractivity contribution in [2.45, 2.75) is 0 Å². The van der Waals surface area contributed by atoms with E-state index in [1.165, 1.54) is 5.69 Å². The number of hydrogen-bond acceptors (Lipinski definition) is 4. The molecule has 0 atom stereocenters. The maximum atomic E-state index is 10.7. The number of aromatic nitrogens is 1. The van der Waals surface area contributed by atoms with Crippen LogP contribution in [0.4, 0.5) is 5.69 Å². The molecule has 3 rings (SSSR count). The summed E-state index contributed by atoms with van der Waals surface area (Å²) in [6.45, 7) is 3.40. The highest BCUT2D eigenvalue weighted by atomic mass is 16.5. The van der Waals surface area contributed by atoms with E-state index in [-0.39, 0.29) is 0 Å². The van der Waals surface area contributed by atoms with Gasteiger partial charge in [0.05, 0.1) is 18.7 Å². The highest BCUT2D eigenvalue weighted by Crippen LogP contribution is 2.22. The lowest BCUT2D eigenvalue weighted by Crippen LogP contribution is -2.36. The number of benzene rings is 1. The molecule has 1 aromatic carbocycles. The van der Waals surface area contributed by atoms with Crippen LogP contribution < -0.4 is 4.90 Å². The van der Waals surface area contributed by atoms with Gasteiger partial charge in [-0.3, -0.25) is 4.79 Å². The first kappa shape index (κ1) is 11.2. The van der Waals surface area contributed by atoms with Crippen molar-refractivity contribution in [1.29, 1.82) is 0 Å². The lowest BCUT2D eigenvalue weighted by molar-refractivity contribution is 0.111. The predicted octanol–water partition coefficient (Wildman–Crippen LogP) is 1.88. The number of aldehydes is 1. The Balaban J connectivity index is 1.97. The second kappa shape index (κ2) is 4.74. The normalized spacial score (nSPS) is 15.9. The van der Waals surface area contributed by atoms with Crippen molar-refractivity contribution >= 4 is 22.9 Å². The van der Waals surface area contributed by atoms with Crippen LogP contribution in [-0.4, -0.2) is 37.6 Å². The first-order chi connectivity index (χ1) is 8.86. The number of hydrogen-bond donors (Lipinski definition) is 0. The molecular weight excluding hydrogens is 228 g/mol. The fourth-order valence-electron chi connectivity index (χ4n) is 2.21. The van der Waals surface area contributed by atoms with Gasteiger partial charge in [-0.15, -0.1) is 0 Å². The zero-order valence-corrected chi connectivity index (χ0v) is 10.0. The van der Waals surface area contributed by atoms with Crippen molar-refractivity contribution in [3.05, 3.63) is 36.0 Å². The van der Waals surface area contributed by atoms with Crippen LogP contribution in [0.1, 0.15) is 10.5 Å². The van der Waals surface area contributed by atoms with Crippen molar-refractivity contribution in [2.24, 2.45) is 0 Å². The summed E-state index contributed by atoms with van der Waals surface area (Å²) < 4.78 is 5.35. The van der Waals surface area contributed by atoms with Gasteiger partial charge in [-0.05, 0) is 24.3 Å². The molecule has 0 amide bonds. The number of ether oxygens (including phenoxy) is 1. The third kappa shape index (κ3) is 2.07. The first-order valence-electron chi connectivity index (χ1n) is 6.05. The third-order valence-electron chi connectivity index (χ3n) is 3.19. The average molecular weight is 242 g/mol. The van der Waals surface area contributed by atoms with Crippen LogP contribution >= 0.6 is 0 Å². The van der Waals surface area contributed by atoms with Crippen LogP contribution in [0.25, 0.3) is 10.9 Å². The summed E-state index contributed by atoms with van der Waals surface area (Å²) in [7, 11) is 0. The Morgan fingerprint density at radius 2 is 2.00 bits per heavy atom. The van der Waals surface area contributed by atoms with Gasteiger partial charge < -0.3 is 9.64 Å². The molecule has 0 radical (unpaired) electrons. The maximum Gasteiger partial charge on any atom is 0.168 e. The molecule has 4 nitrogen and oxygen atoms in total. The van der Waals surface area contributed by atoms with Crippen LogP contribution in [0.15, 0.2) is 30.3 Å². The lowest BCUT2D eigenvalue weighted by atomic mass is 10.1. The summed E-state index contributed by atoms with van der Waals surface area (Å²) in [5.41, 5.74) is 2.52. The van der Waals surface area contributed by atoms with Crippen LogP contribution in [0, 0.1) is 0 Å². The zero-order valence-electron chi connectivity index (χ0n) is 10.0. The summed E-state index contributed by atoms with van der Waals surface area (Å²) in [5.74, 6) is 0. The summed E-state index contributed by atoms with van der Waals surface area (Å²) in [5, 5.41) is 1.06. The topological polar surface area (TPSA) is 42.4 Å². The molecule has 1 fully saturated rings. The minimum absolute atomic E-state index is 0.474. The summed E-state index contributed by atoms with van der Waals surface area (Å²) in [4.78, 5) is 17.3. The molecule has 0 aliphatic carbocycles. The van der Waals surface area contributed by atoms with E-state index in [9.17, 15) is 4.79 Å². The molecule has 0 N–H and O–H groups in total. The van der Waals surface area contributed by atoms with Crippen molar-refractivity contribution in [1.82, 2.24) is 4.98 Å². The Labute approximate surface area is 105 Å². The Morgan fingerprint density at radius 3 is 2.78 bits per heavy atom. The number of morpholine rings is 1. The number of pyridine rings is 1. The van der Waals surface area contributed by atoms with Crippen LogP contribution in [0.2, 0.25) is 0 Å². The standard InChI is InChI=1S/C14H14N2O2/c17-10-12-2-1-11-9-13(3-4-14(11)15-12)16-5-7-18-8-6-16/h1-4,9-10H,5-8H2. The van der Waals surface area contributed by atoms with Crippen molar-refractivity contribution < 1.29 is 9.53 Å². The Hall–Kier alpha value is -1.94. The number of nitrogens with zero attached hydrogens (tertiary/aromatic N) is 2. The zero-order chi connectivity index (χ0) is 12.4. The molecule has 1 aliphatic rings. The Kier molecular flexibility index (Phi) is 2.94. The van der Waals surface area contributed by atoms with Gasteiger partial charge in [-0.25, -0.2) is 4.98 Å². The van der Waals surface area contributed by atoms with Crippen LogP contribution in [0.3, 0.4) is 0 Å². The largest absolute Gasteiger partial charge is 0.378 e. The number of carbonyl (C=O) groups excluding carboxylic acids is 1. The molecule has 2 heterocycles. The molecular formula is C14H14N2O2. The fourth-order valence-corrected chi connectivity index (χ4v) is 2.21. The van der Waals surface area contributed by atoms with Crippen LogP contribution in [-0.2, 0) is 4.74 Å². The summed E-state index contributed by atoms with van der Waals surface area (Å²) in [6, 6.07) is 9.82. The van der Waals surface area contributed by atoms with Crippen molar-refractivity contribution in [2.75, 3.05) is 31.2 Å². The second-order valence-electron chi connectivity index (χ2n) is 4.33. The second-order valence-corrected chi connectivity index (χ2v) is 4.33. The minimum atomic E-state index is 0.474. The summed E-state index contributed by atoms with van der Waals surface area (Å²) >= 11 is 0. The van der Waals surface area contributed by atoms with E-state index in [4.69, 9.17) is 4.74 Å². The Bertz CT molecular complexity index is 577. The number of rotatable bonds is 2. The van der Waals surface area contributed by atoms with Gasteiger partial charge in [0.25, 0.3) is 0 Å². The third-order valence-corrected chi connectivity index (χ3v) is 3.19. The smallest absolute Gasteiger partial charge is 0.168 e. The highest BCUT2D eigenvalue weighted by molar-refractivity contribution is 5.86. The van der Waals surface area contributed by atoms with Gasteiger partial charge in [-0.2, -0.15) is 0 Å². The quantitative estimate of drug-likeness (QED) is 0.754. The van der Waals surface area contributed by atoms with Crippen molar-refractivity contribution in [3.8, 4) is 0 Å². The highest BCUT2D eigenvalue weighted by Gasteiger charge is 2.11. The Morgan fingerprint density at radius 1 is 1.17 bits per heavy atom. The average Bonchev–Trinajstić information content (AvgIpc) is 2.47. The van der Waals surface area contributed by atoms with E-state index in [1.54, 1.807) is 6.07 Å². The lowest BCUT2D eigenvalue weighted by Gasteiger charge is -2.29. The van der Waals surface area contributed by atoms with Gasteiger partial charge in [0.2, 0.25) is 0 Å². The SMILES string of the molecule is O=Cc1ccc2cc(N3CCOCC3)ccc2n1. The van der Waals surface area contributed by atoms with Gasteiger partial charge in [-0.1, -0.05) is 6.07 Å². The molecule has 0 saturated carbocycles. The van der Waals surface area contributed by atoms with E-state index in [2.05, 4.69) is 22.0 Å². The molecule has 1 aromatic heterocycles. The van der Waals surface area contributed by atoms with E-state index >= 15 is 0 Å². The van der Waals surface area contributed by atoms with Gasteiger partial charge in [0, 0.05) is 24.2 Å². The molecule has 0 spiro atoms. The number of carbonyl (C=O) groups is 1.